The van der Waals surface area contributed by atoms with E-state index in [1.54, 1.807) is 0 Å². The summed E-state index contributed by atoms with van der Waals surface area (Å²) in [5.41, 5.74) is 2.63. The lowest BCUT2D eigenvalue weighted by atomic mass is 9.96. The molecular weight excluding hydrogens is 324 g/mol. The Kier molecular flexibility index (Phi) is 5.34. The van der Waals surface area contributed by atoms with Crippen molar-refractivity contribution in [2.24, 2.45) is 10.9 Å². The Morgan fingerprint density at radius 2 is 1.92 bits per heavy atom. The number of fused-ring (bicyclic) bond motifs is 2. The van der Waals surface area contributed by atoms with Crippen molar-refractivity contribution in [3.8, 4) is 0 Å². The maximum Gasteiger partial charge on any atom is 0.191 e. The SMILES string of the molecule is CN=C(NCc1ccc(N2CCC(C)CC2)cc1)NC1CC2CCC1O2. The number of nitrogens with one attached hydrogen (secondary N) is 2. The van der Waals surface area contributed by atoms with Crippen LogP contribution in [0, 0.1) is 5.92 Å². The molecule has 1 aromatic carbocycles. The van der Waals surface area contributed by atoms with E-state index in [2.05, 4.69) is 51.7 Å². The highest BCUT2D eigenvalue weighted by molar-refractivity contribution is 5.80. The van der Waals surface area contributed by atoms with Gasteiger partial charge >= 0.3 is 0 Å². The molecule has 3 aliphatic rings. The van der Waals surface area contributed by atoms with Gasteiger partial charge in [-0.05, 0) is 55.7 Å². The van der Waals surface area contributed by atoms with Crippen LogP contribution < -0.4 is 15.5 Å². The molecule has 0 aliphatic carbocycles. The maximum atomic E-state index is 5.92. The van der Waals surface area contributed by atoms with Crippen LogP contribution in [0.25, 0.3) is 0 Å². The smallest absolute Gasteiger partial charge is 0.191 e. The van der Waals surface area contributed by atoms with Crippen LogP contribution >= 0.6 is 0 Å². The van der Waals surface area contributed by atoms with Gasteiger partial charge in [0.1, 0.15) is 0 Å². The number of aliphatic imine (C=N–C) groups is 1. The second-order valence-corrected chi connectivity index (χ2v) is 8.12. The zero-order chi connectivity index (χ0) is 17.9. The van der Waals surface area contributed by atoms with Crippen LogP contribution in [0.4, 0.5) is 5.69 Å². The van der Waals surface area contributed by atoms with Gasteiger partial charge < -0.3 is 20.3 Å². The highest BCUT2D eigenvalue weighted by atomic mass is 16.5. The number of guanidine groups is 1. The molecule has 1 aromatic rings. The molecule has 2 N–H and O–H groups in total. The van der Waals surface area contributed by atoms with E-state index in [1.165, 1.54) is 50.0 Å². The van der Waals surface area contributed by atoms with Crippen molar-refractivity contribution in [2.75, 3.05) is 25.0 Å². The first-order valence-corrected chi connectivity index (χ1v) is 10.2. The third kappa shape index (κ3) is 3.98. The molecule has 5 nitrogen and oxygen atoms in total. The Bertz CT molecular complexity index is 621. The van der Waals surface area contributed by atoms with E-state index in [4.69, 9.17) is 4.74 Å². The Hall–Kier alpha value is -1.75. The lowest BCUT2D eigenvalue weighted by molar-refractivity contribution is 0.0992. The van der Waals surface area contributed by atoms with E-state index in [9.17, 15) is 0 Å². The first-order chi connectivity index (χ1) is 12.7. The van der Waals surface area contributed by atoms with Crippen LogP contribution in [-0.2, 0) is 11.3 Å². The Labute approximate surface area is 157 Å². The molecule has 0 radical (unpaired) electrons. The van der Waals surface area contributed by atoms with Gasteiger partial charge in [0.15, 0.2) is 5.96 Å². The molecule has 3 fully saturated rings. The summed E-state index contributed by atoms with van der Waals surface area (Å²) in [6.07, 6.45) is 6.93. The number of ether oxygens (including phenoxy) is 1. The van der Waals surface area contributed by atoms with E-state index in [0.29, 0.717) is 18.2 Å². The molecule has 0 spiro atoms. The molecule has 26 heavy (non-hydrogen) atoms. The number of nitrogens with zero attached hydrogens (tertiary/aromatic N) is 2. The van der Waals surface area contributed by atoms with Gasteiger partial charge in [0, 0.05) is 32.4 Å². The van der Waals surface area contributed by atoms with Crippen LogP contribution in [0.15, 0.2) is 29.3 Å². The number of hydrogen-bond acceptors (Lipinski definition) is 3. The standard InChI is InChI=1S/C21H32N4O/c1-15-9-11-25(12-10-15)17-5-3-16(4-6-17)14-23-21(22-2)24-19-13-18-7-8-20(19)26-18/h3-6,15,18-20H,7-14H2,1-2H3,(H2,22,23,24). The summed E-state index contributed by atoms with van der Waals surface area (Å²) in [7, 11) is 1.84. The largest absolute Gasteiger partial charge is 0.373 e. The zero-order valence-electron chi connectivity index (χ0n) is 16.1. The zero-order valence-corrected chi connectivity index (χ0v) is 16.1. The van der Waals surface area contributed by atoms with E-state index in [-0.39, 0.29) is 0 Å². The summed E-state index contributed by atoms with van der Waals surface area (Å²) < 4.78 is 5.92. The van der Waals surface area contributed by atoms with Crippen LogP contribution in [0.3, 0.4) is 0 Å². The van der Waals surface area contributed by atoms with Gasteiger partial charge in [0.05, 0.1) is 18.2 Å². The molecule has 0 amide bonds. The van der Waals surface area contributed by atoms with Crippen molar-refractivity contribution in [3.63, 3.8) is 0 Å². The molecule has 2 bridgehead atoms. The van der Waals surface area contributed by atoms with Gasteiger partial charge in [-0.15, -0.1) is 0 Å². The number of piperidine rings is 1. The molecule has 3 heterocycles. The molecule has 142 valence electrons. The highest BCUT2D eigenvalue weighted by Gasteiger charge is 2.41. The third-order valence-corrected chi connectivity index (χ3v) is 6.20. The topological polar surface area (TPSA) is 48.9 Å². The third-order valence-electron chi connectivity index (χ3n) is 6.20. The molecule has 3 aliphatic heterocycles. The Balaban J connectivity index is 1.27. The Morgan fingerprint density at radius 1 is 1.15 bits per heavy atom. The fourth-order valence-electron chi connectivity index (χ4n) is 4.44. The minimum atomic E-state index is 0.366. The summed E-state index contributed by atoms with van der Waals surface area (Å²) in [6, 6.07) is 9.38. The van der Waals surface area contributed by atoms with Crippen LogP contribution in [0.1, 0.15) is 44.6 Å². The second kappa shape index (κ2) is 7.87. The summed E-state index contributed by atoms with van der Waals surface area (Å²) >= 11 is 0. The fraction of sp³-hybridized carbons (Fsp3) is 0.667. The lowest BCUT2D eigenvalue weighted by Crippen LogP contribution is -2.47. The molecular formula is C21H32N4O. The average Bonchev–Trinajstić information content (AvgIpc) is 3.29. The molecule has 3 unspecified atom stereocenters. The van der Waals surface area contributed by atoms with E-state index in [1.807, 2.05) is 7.05 Å². The maximum absolute atomic E-state index is 5.92. The van der Waals surface area contributed by atoms with Crippen molar-refractivity contribution in [2.45, 2.75) is 63.8 Å². The number of hydrogen-bond donors (Lipinski definition) is 2. The second-order valence-electron chi connectivity index (χ2n) is 8.12. The van der Waals surface area contributed by atoms with E-state index >= 15 is 0 Å². The average molecular weight is 357 g/mol. The van der Waals surface area contributed by atoms with Gasteiger partial charge in [-0.3, -0.25) is 4.99 Å². The van der Waals surface area contributed by atoms with Crippen molar-refractivity contribution in [1.29, 1.82) is 0 Å². The minimum Gasteiger partial charge on any atom is -0.373 e. The summed E-state index contributed by atoms with van der Waals surface area (Å²) in [5, 5.41) is 6.99. The van der Waals surface area contributed by atoms with Crippen molar-refractivity contribution >= 4 is 11.6 Å². The Morgan fingerprint density at radius 3 is 2.54 bits per heavy atom. The molecule has 3 saturated heterocycles. The van der Waals surface area contributed by atoms with Crippen LogP contribution in [0.5, 0.6) is 0 Å². The highest BCUT2D eigenvalue weighted by Crippen LogP contribution is 2.34. The van der Waals surface area contributed by atoms with Crippen molar-refractivity contribution in [3.05, 3.63) is 29.8 Å². The normalized spacial score (nSPS) is 29.2. The van der Waals surface area contributed by atoms with Gasteiger partial charge in [0.2, 0.25) is 0 Å². The quantitative estimate of drug-likeness (QED) is 0.643. The van der Waals surface area contributed by atoms with Crippen LogP contribution in [0.2, 0.25) is 0 Å². The minimum absolute atomic E-state index is 0.366. The van der Waals surface area contributed by atoms with Crippen LogP contribution in [-0.4, -0.2) is 44.3 Å². The van der Waals surface area contributed by atoms with Crippen molar-refractivity contribution in [1.82, 2.24) is 10.6 Å². The van der Waals surface area contributed by atoms with E-state index in [0.717, 1.165) is 24.8 Å². The fourth-order valence-corrected chi connectivity index (χ4v) is 4.44. The predicted octanol–water partition coefficient (Wildman–Crippen LogP) is 2.91. The predicted molar refractivity (Wildman–Crippen MR) is 107 cm³/mol. The first kappa shape index (κ1) is 17.7. The van der Waals surface area contributed by atoms with Gasteiger partial charge in [-0.1, -0.05) is 19.1 Å². The first-order valence-electron chi connectivity index (χ1n) is 10.2. The van der Waals surface area contributed by atoms with Gasteiger partial charge in [0.25, 0.3) is 0 Å². The number of benzene rings is 1. The molecule has 0 aromatic heterocycles. The monoisotopic (exact) mass is 356 g/mol. The molecule has 0 saturated carbocycles. The molecule has 3 atom stereocenters. The molecule has 5 heteroatoms. The summed E-state index contributed by atoms with van der Waals surface area (Å²) in [4.78, 5) is 6.89. The summed E-state index contributed by atoms with van der Waals surface area (Å²) in [5.74, 6) is 1.75. The van der Waals surface area contributed by atoms with E-state index < -0.39 is 0 Å². The number of anilines is 1. The lowest BCUT2D eigenvalue weighted by Gasteiger charge is -2.32. The van der Waals surface area contributed by atoms with Gasteiger partial charge in [-0.25, -0.2) is 0 Å². The molecule has 4 rings (SSSR count). The summed E-state index contributed by atoms with van der Waals surface area (Å²) in [6.45, 7) is 5.51. The van der Waals surface area contributed by atoms with Crippen molar-refractivity contribution < 1.29 is 4.74 Å². The number of rotatable bonds is 4. The van der Waals surface area contributed by atoms with Gasteiger partial charge in [-0.2, -0.15) is 0 Å².